The molecule has 0 aliphatic carbocycles. The number of carbonyl (C=O) groups is 1. The van der Waals surface area contributed by atoms with Crippen LogP contribution >= 0.6 is 11.6 Å². The third-order valence-electron chi connectivity index (χ3n) is 5.25. The van der Waals surface area contributed by atoms with Crippen LogP contribution in [-0.2, 0) is 11.3 Å². The maximum atomic E-state index is 12.6. The van der Waals surface area contributed by atoms with E-state index in [1.54, 1.807) is 18.2 Å². The summed E-state index contributed by atoms with van der Waals surface area (Å²) >= 11 is 6.07. The van der Waals surface area contributed by atoms with Gasteiger partial charge in [0.1, 0.15) is 38.8 Å². The van der Waals surface area contributed by atoms with Gasteiger partial charge < -0.3 is 15.1 Å². The van der Waals surface area contributed by atoms with E-state index in [2.05, 4.69) is 17.5 Å². The Balaban J connectivity index is 1.52. The molecule has 5 nitrogen and oxygen atoms in total. The van der Waals surface area contributed by atoms with Gasteiger partial charge in [0.2, 0.25) is 0 Å². The van der Waals surface area contributed by atoms with Gasteiger partial charge in [0.25, 0.3) is 5.91 Å². The average molecular weight is 385 g/mol. The first-order valence-corrected chi connectivity index (χ1v) is 9.67. The quantitative estimate of drug-likeness (QED) is 0.704. The molecule has 0 bridgehead atoms. The normalized spacial score (nSPS) is 20.5. The number of anilines is 1. The SMILES string of the molecule is C[C@@H](C(=O)Nc1ccccc1C#N)[NH+]1CC[NH+](Cc2cccc(Cl)c2)CC1. The number of nitriles is 1. The highest BCUT2D eigenvalue weighted by Gasteiger charge is 2.31. The van der Waals surface area contributed by atoms with Gasteiger partial charge in [0.15, 0.2) is 6.04 Å². The van der Waals surface area contributed by atoms with Gasteiger partial charge in [-0.1, -0.05) is 35.9 Å². The molecule has 1 saturated heterocycles. The fourth-order valence-corrected chi connectivity index (χ4v) is 3.80. The van der Waals surface area contributed by atoms with Crippen LogP contribution in [0.25, 0.3) is 0 Å². The minimum Gasteiger partial charge on any atom is -0.322 e. The summed E-state index contributed by atoms with van der Waals surface area (Å²) in [4.78, 5) is 15.4. The van der Waals surface area contributed by atoms with Crippen LogP contribution in [0.15, 0.2) is 48.5 Å². The standard InChI is InChI=1S/C21H23ClN4O/c1-16(21(27)24-20-8-3-2-6-18(20)14-23)26-11-9-25(10-12-26)15-17-5-4-7-19(22)13-17/h2-8,13,16H,9-12,15H2,1H3,(H,24,27)/p+2/t16-/m0/s1. The van der Waals surface area contributed by atoms with E-state index in [-0.39, 0.29) is 11.9 Å². The van der Waals surface area contributed by atoms with Gasteiger partial charge in [-0.05, 0) is 31.2 Å². The molecule has 3 N–H and O–H groups in total. The zero-order chi connectivity index (χ0) is 19.2. The summed E-state index contributed by atoms with van der Waals surface area (Å²) in [6, 6.07) is 17.1. The van der Waals surface area contributed by atoms with Gasteiger partial charge in [-0.15, -0.1) is 0 Å². The van der Waals surface area contributed by atoms with Gasteiger partial charge in [0, 0.05) is 10.6 Å². The van der Waals surface area contributed by atoms with Crippen molar-refractivity contribution in [2.45, 2.75) is 19.5 Å². The van der Waals surface area contributed by atoms with Crippen LogP contribution in [0.1, 0.15) is 18.1 Å². The van der Waals surface area contributed by atoms with Crippen LogP contribution < -0.4 is 15.1 Å². The predicted molar refractivity (Wildman–Crippen MR) is 106 cm³/mol. The van der Waals surface area contributed by atoms with Crippen molar-refractivity contribution in [2.75, 3.05) is 31.5 Å². The minimum atomic E-state index is -0.149. The Morgan fingerprint density at radius 1 is 1.19 bits per heavy atom. The predicted octanol–water partition coefficient (Wildman–Crippen LogP) is 0.522. The zero-order valence-corrected chi connectivity index (χ0v) is 16.2. The Kier molecular flexibility index (Phi) is 6.46. The number of hydrogen-bond acceptors (Lipinski definition) is 2. The molecule has 27 heavy (non-hydrogen) atoms. The Labute approximate surface area is 165 Å². The van der Waals surface area contributed by atoms with Gasteiger partial charge in [-0.25, -0.2) is 0 Å². The van der Waals surface area contributed by atoms with Crippen molar-refractivity contribution in [3.05, 3.63) is 64.7 Å². The second-order valence-corrected chi connectivity index (χ2v) is 7.52. The minimum absolute atomic E-state index is 0.0361. The number of carbonyl (C=O) groups excluding carboxylic acids is 1. The Morgan fingerprint density at radius 2 is 1.93 bits per heavy atom. The number of benzene rings is 2. The largest absolute Gasteiger partial charge is 0.322 e. The number of para-hydroxylation sites is 1. The highest BCUT2D eigenvalue weighted by Crippen LogP contribution is 2.13. The molecular formula is C21H25ClN4O+2. The first kappa shape index (κ1) is 19.4. The Morgan fingerprint density at radius 3 is 2.63 bits per heavy atom. The number of nitrogens with one attached hydrogen (secondary N) is 3. The maximum Gasteiger partial charge on any atom is 0.282 e. The second-order valence-electron chi connectivity index (χ2n) is 7.08. The zero-order valence-electron chi connectivity index (χ0n) is 15.5. The van der Waals surface area contributed by atoms with E-state index in [0.717, 1.165) is 37.7 Å². The average Bonchev–Trinajstić information content (AvgIpc) is 2.68. The van der Waals surface area contributed by atoms with E-state index in [0.29, 0.717) is 11.3 Å². The van der Waals surface area contributed by atoms with E-state index in [4.69, 9.17) is 16.9 Å². The van der Waals surface area contributed by atoms with Crippen molar-refractivity contribution in [3.8, 4) is 6.07 Å². The number of hydrogen-bond donors (Lipinski definition) is 3. The fourth-order valence-electron chi connectivity index (χ4n) is 3.59. The molecule has 6 heteroatoms. The van der Waals surface area contributed by atoms with Crippen molar-refractivity contribution in [3.63, 3.8) is 0 Å². The fraction of sp³-hybridized carbons (Fsp3) is 0.333. The molecule has 0 spiro atoms. The summed E-state index contributed by atoms with van der Waals surface area (Å²) in [7, 11) is 0. The van der Waals surface area contributed by atoms with Crippen molar-refractivity contribution >= 4 is 23.2 Å². The first-order chi connectivity index (χ1) is 13.1. The molecular weight excluding hydrogens is 360 g/mol. The van der Waals surface area contributed by atoms with Crippen LogP contribution in [0, 0.1) is 11.3 Å². The molecule has 2 aromatic carbocycles. The van der Waals surface area contributed by atoms with Gasteiger partial charge in [0.05, 0.1) is 11.3 Å². The lowest BCUT2D eigenvalue weighted by atomic mass is 10.1. The lowest BCUT2D eigenvalue weighted by Gasteiger charge is -2.32. The lowest BCUT2D eigenvalue weighted by Crippen LogP contribution is -3.29. The van der Waals surface area contributed by atoms with Crippen molar-refractivity contribution in [2.24, 2.45) is 0 Å². The Bertz CT molecular complexity index is 840. The Hall–Kier alpha value is -2.39. The third kappa shape index (κ3) is 5.08. The third-order valence-corrected chi connectivity index (χ3v) is 5.49. The van der Waals surface area contributed by atoms with E-state index in [1.807, 2.05) is 31.2 Å². The van der Waals surface area contributed by atoms with Crippen molar-refractivity contribution in [1.82, 2.24) is 0 Å². The van der Waals surface area contributed by atoms with Crippen LogP contribution in [0.5, 0.6) is 0 Å². The number of quaternary nitrogens is 2. The molecule has 140 valence electrons. The molecule has 1 fully saturated rings. The molecule has 0 aromatic heterocycles. The summed E-state index contributed by atoms with van der Waals surface area (Å²) in [5.74, 6) is -0.0361. The van der Waals surface area contributed by atoms with Gasteiger partial charge in [-0.3, -0.25) is 4.79 Å². The topological polar surface area (TPSA) is 61.8 Å². The molecule has 2 aromatic rings. The van der Waals surface area contributed by atoms with Crippen LogP contribution in [0.4, 0.5) is 5.69 Å². The van der Waals surface area contributed by atoms with Gasteiger partial charge in [-0.2, -0.15) is 5.26 Å². The number of rotatable bonds is 5. The highest BCUT2D eigenvalue weighted by molar-refractivity contribution is 6.30. The molecule has 1 aliphatic heterocycles. The van der Waals surface area contributed by atoms with E-state index < -0.39 is 0 Å². The highest BCUT2D eigenvalue weighted by atomic mass is 35.5. The summed E-state index contributed by atoms with van der Waals surface area (Å²) in [5, 5.41) is 12.9. The van der Waals surface area contributed by atoms with Crippen LogP contribution in [0.3, 0.4) is 0 Å². The molecule has 0 saturated carbocycles. The van der Waals surface area contributed by atoms with E-state index >= 15 is 0 Å². The molecule has 0 unspecified atom stereocenters. The molecule has 3 rings (SSSR count). The number of halogens is 1. The van der Waals surface area contributed by atoms with E-state index in [9.17, 15) is 4.79 Å². The number of amides is 1. The van der Waals surface area contributed by atoms with Crippen LogP contribution in [-0.4, -0.2) is 38.1 Å². The summed E-state index contributed by atoms with van der Waals surface area (Å²) in [5.41, 5.74) is 2.32. The maximum absolute atomic E-state index is 12.6. The summed E-state index contributed by atoms with van der Waals surface area (Å²) in [6.45, 7) is 6.86. The van der Waals surface area contributed by atoms with Crippen LogP contribution in [0.2, 0.25) is 5.02 Å². The molecule has 1 atom stereocenters. The van der Waals surface area contributed by atoms with Crippen molar-refractivity contribution < 1.29 is 14.6 Å². The second kappa shape index (κ2) is 9.01. The van der Waals surface area contributed by atoms with Crippen molar-refractivity contribution in [1.29, 1.82) is 5.26 Å². The molecule has 1 amide bonds. The molecule has 0 radical (unpaired) electrons. The molecule has 1 aliphatic rings. The summed E-state index contributed by atoms with van der Waals surface area (Å²) < 4.78 is 0. The monoisotopic (exact) mass is 384 g/mol. The smallest absolute Gasteiger partial charge is 0.282 e. The molecule has 1 heterocycles. The van der Waals surface area contributed by atoms with E-state index in [1.165, 1.54) is 15.4 Å². The lowest BCUT2D eigenvalue weighted by molar-refractivity contribution is -1.02. The summed E-state index contributed by atoms with van der Waals surface area (Å²) in [6.07, 6.45) is 0. The van der Waals surface area contributed by atoms with Gasteiger partial charge >= 0.3 is 0 Å². The first-order valence-electron chi connectivity index (χ1n) is 9.29. The number of nitrogens with zero attached hydrogens (tertiary/aromatic N) is 1. The number of piperazine rings is 1.